The van der Waals surface area contributed by atoms with Crippen molar-refractivity contribution in [2.75, 3.05) is 23.9 Å². The number of nitriles is 1. The Kier molecular flexibility index (Phi) is 7.47. The summed E-state index contributed by atoms with van der Waals surface area (Å²) in [5.41, 5.74) is 4.94. The third-order valence-electron chi connectivity index (χ3n) is 6.16. The third-order valence-corrected chi connectivity index (χ3v) is 7.12. The van der Waals surface area contributed by atoms with Crippen molar-refractivity contribution in [3.8, 4) is 28.5 Å². The number of aromatic nitrogens is 3. The fourth-order valence-electron chi connectivity index (χ4n) is 4.23. The summed E-state index contributed by atoms with van der Waals surface area (Å²) in [4.78, 5) is 10.4. The van der Waals surface area contributed by atoms with Gasteiger partial charge >= 0.3 is 5.88 Å². The van der Waals surface area contributed by atoms with Crippen molar-refractivity contribution in [2.24, 2.45) is 4.99 Å². The van der Waals surface area contributed by atoms with Gasteiger partial charge in [0.2, 0.25) is 5.27 Å². The Bertz CT molecular complexity index is 1440. The standard InChI is InChI=1S/C28H26N6O2S/c1-20-10-12-21(13-11-20)23-16-25(22-8-4-2-5-9-22)30-28(24(23)17-29)37-19-26(35)31-27-18-34(32-36-27)33-14-6-3-7-15-33/h2,4-5,8-13,16,18H,3,6-7,14-15,19H2,1H3. The van der Waals surface area contributed by atoms with Gasteiger partial charge in [0.25, 0.3) is 6.20 Å². The van der Waals surface area contributed by atoms with Crippen LogP contribution in [0.5, 0.6) is 0 Å². The molecule has 0 N–H and O–H groups in total. The largest absolute Gasteiger partial charge is 0.861 e. The second-order valence-electron chi connectivity index (χ2n) is 8.85. The van der Waals surface area contributed by atoms with Gasteiger partial charge in [0.05, 0.1) is 29.1 Å². The molecule has 186 valence electrons. The highest BCUT2D eigenvalue weighted by molar-refractivity contribution is 8.00. The van der Waals surface area contributed by atoms with Gasteiger partial charge in [-0.3, -0.25) is 4.52 Å². The maximum Gasteiger partial charge on any atom is 0.324 e. The van der Waals surface area contributed by atoms with Crippen LogP contribution < -0.4 is 14.9 Å². The molecular formula is C28H26N6O2S. The van der Waals surface area contributed by atoms with Gasteiger partial charge in [-0.2, -0.15) is 10.3 Å². The first-order valence-electron chi connectivity index (χ1n) is 12.2. The molecule has 0 bridgehead atoms. The quantitative estimate of drug-likeness (QED) is 0.159. The van der Waals surface area contributed by atoms with Crippen LogP contribution in [-0.2, 0) is 0 Å². The van der Waals surface area contributed by atoms with Crippen LogP contribution in [0.15, 0.2) is 81.4 Å². The summed E-state index contributed by atoms with van der Waals surface area (Å²) in [6, 6.07) is 22.1. The van der Waals surface area contributed by atoms with Crippen LogP contribution in [0.25, 0.3) is 22.4 Å². The molecule has 0 spiro atoms. The lowest BCUT2D eigenvalue weighted by Crippen LogP contribution is -2.60. The lowest BCUT2D eigenvalue weighted by atomic mass is 9.98. The number of aryl methyl sites for hydroxylation is 1. The Hall–Kier alpha value is -4.16. The lowest BCUT2D eigenvalue weighted by molar-refractivity contribution is -0.759. The molecule has 1 fully saturated rings. The van der Waals surface area contributed by atoms with E-state index in [1.165, 1.54) is 18.2 Å². The minimum atomic E-state index is -0.389. The second-order valence-corrected chi connectivity index (χ2v) is 9.81. The van der Waals surface area contributed by atoms with Crippen molar-refractivity contribution in [1.29, 1.82) is 5.26 Å². The second kappa shape index (κ2) is 11.3. The zero-order chi connectivity index (χ0) is 25.6. The number of hydrogen-bond donors (Lipinski definition) is 0. The van der Waals surface area contributed by atoms with Crippen molar-refractivity contribution in [1.82, 2.24) is 10.3 Å². The van der Waals surface area contributed by atoms with Crippen molar-refractivity contribution >= 4 is 23.5 Å². The van der Waals surface area contributed by atoms with Crippen LogP contribution in [0.4, 0.5) is 5.88 Å². The normalized spacial score (nSPS) is 13.9. The third kappa shape index (κ3) is 5.81. The molecule has 0 unspecified atom stereocenters. The highest BCUT2D eigenvalue weighted by Gasteiger charge is 2.22. The number of aliphatic imine (C=N–C) groups is 1. The van der Waals surface area contributed by atoms with Crippen LogP contribution in [0.2, 0.25) is 0 Å². The van der Waals surface area contributed by atoms with Gasteiger partial charge in [0, 0.05) is 16.9 Å². The number of rotatable bonds is 7. The van der Waals surface area contributed by atoms with Crippen molar-refractivity contribution < 1.29 is 14.4 Å². The molecule has 0 radical (unpaired) electrons. The van der Waals surface area contributed by atoms with E-state index in [4.69, 9.17) is 9.51 Å². The molecular weight excluding hydrogens is 484 g/mol. The Morgan fingerprint density at radius 2 is 1.86 bits per heavy atom. The number of nitrogens with zero attached hydrogens (tertiary/aromatic N) is 6. The zero-order valence-corrected chi connectivity index (χ0v) is 21.3. The predicted molar refractivity (Wildman–Crippen MR) is 141 cm³/mol. The molecule has 2 aromatic heterocycles. The Morgan fingerprint density at radius 1 is 1.11 bits per heavy atom. The Labute approximate surface area is 219 Å². The maximum absolute atomic E-state index is 12.7. The molecule has 3 heterocycles. The van der Waals surface area contributed by atoms with Gasteiger partial charge in [-0.05, 0) is 43.7 Å². The van der Waals surface area contributed by atoms with Gasteiger partial charge in [-0.15, -0.1) is 0 Å². The summed E-state index contributed by atoms with van der Waals surface area (Å²) in [5.74, 6) is -0.222. The van der Waals surface area contributed by atoms with Gasteiger partial charge in [-0.1, -0.05) is 71.9 Å². The predicted octanol–water partition coefficient (Wildman–Crippen LogP) is 4.18. The summed E-state index contributed by atoms with van der Waals surface area (Å²) in [6.07, 6.45) is 5.03. The van der Waals surface area contributed by atoms with Gasteiger partial charge in [0.1, 0.15) is 11.1 Å². The summed E-state index contributed by atoms with van der Waals surface area (Å²) in [5, 5.41) is 29.3. The number of piperidine rings is 1. The highest BCUT2D eigenvalue weighted by atomic mass is 32.2. The molecule has 1 aliphatic heterocycles. The average Bonchev–Trinajstić information content (AvgIpc) is 3.41. The number of thioether (sulfide) groups is 1. The van der Waals surface area contributed by atoms with Gasteiger partial charge < -0.3 is 5.11 Å². The molecule has 1 aliphatic rings. The summed E-state index contributed by atoms with van der Waals surface area (Å²) < 4.78 is 5.26. The van der Waals surface area contributed by atoms with E-state index >= 15 is 0 Å². The molecule has 5 rings (SSSR count). The van der Waals surface area contributed by atoms with Crippen LogP contribution in [-0.4, -0.2) is 35.0 Å². The number of pyridine rings is 1. The molecule has 37 heavy (non-hydrogen) atoms. The first-order valence-corrected chi connectivity index (χ1v) is 13.2. The number of hydrogen-bond acceptors (Lipinski definition) is 8. The van der Waals surface area contributed by atoms with Crippen LogP contribution in [0.1, 0.15) is 30.4 Å². The first kappa shape index (κ1) is 24.5. The zero-order valence-electron chi connectivity index (χ0n) is 20.5. The van der Waals surface area contributed by atoms with E-state index in [0.717, 1.165) is 53.9 Å². The smallest absolute Gasteiger partial charge is 0.324 e. The summed E-state index contributed by atoms with van der Waals surface area (Å²) >= 11 is 1.20. The average molecular weight is 511 g/mol. The van der Waals surface area contributed by atoms with E-state index in [1.54, 1.807) is 11.0 Å². The minimum absolute atomic E-state index is 0.0116. The fourth-order valence-corrected chi connectivity index (χ4v) is 5.02. The van der Waals surface area contributed by atoms with E-state index < -0.39 is 0 Å². The molecule has 4 aromatic rings. The van der Waals surface area contributed by atoms with E-state index in [2.05, 4.69) is 21.3 Å². The van der Waals surface area contributed by atoms with E-state index in [9.17, 15) is 10.4 Å². The van der Waals surface area contributed by atoms with Crippen LogP contribution >= 0.6 is 11.8 Å². The van der Waals surface area contributed by atoms with E-state index in [1.807, 2.05) is 67.6 Å². The SMILES string of the molecule is Cc1ccc(-c2cc(-c3ccccc3)nc(SC/C([O-])=N/c3c[n+](N4CCCCC4)no3)c2C#N)cc1. The molecule has 1 saturated heterocycles. The van der Waals surface area contributed by atoms with Crippen LogP contribution in [0, 0.1) is 18.3 Å². The van der Waals surface area contributed by atoms with Gasteiger partial charge in [0.15, 0.2) is 0 Å². The molecule has 0 amide bonds. The molecule has 2 aromatic carbocycles. The molecule has 0 aliphatic carbocycles. The minimum Gasteiger partial charge on any atom is -0.861 e. The Balaban J connectivity index is 1.42. The summed E-state index contributed by atoms with van der Waals surface area (Å²) in [7, 11) is 0. The molecule has 0 atom stereocenters. The van der Waals surface area contributed by atoms with Crippen LogP contribution in [0.3, 0.4) is 0 Å². The summed E-state index contributed by atoms with van der Waals surface area (Å²) in [6.45, 7) is 3.81. The lowest BCUT2D eigenvalue weighted by Gasteiger charge is -2.17. The number of benzene rings is 2. The van der Waals surface area contributed by atoms with E-state index in [0.29, 0.717) is 10.6 Å². The van der Waals surface area contributed by atoms with E-state index in [-0.39, 0.29) is 17.5 Å². The monoisotopic (exact) mass is 510 g/mol. The van der Waals surface area contributed by atoms with Gasteiger partial charge in [-0.25, -0.2) is 9.98 Å². The van der Waals surface area contributed by atoms with Crippen molar-refractivity contribution in [3.63, 3.8) is 0 Å². The van der Waals surface area contributed by atoms with Crippen molar-refractivity contribution in [3.05, 3.63) is 78.0 Å². The van der Waals surface area contributed by atoms with Crippen molar-refractivity contribution in [2.45, 2.75) is 31.2 Å². The molecule has 8 nitrogen and oxygen atoms in total. The highest BCUT2D eigenvalue weighted by Crippen LogP contribution is 2.34. The maximum atomic E-state index is 12.7. The molecule has 0 saturated carbocycles. The topological polar surface area (TPSA) is 105 Å². The molecule has 9 heteroatoms. The first-order chi connectivity index (χ1) is 18.1. The fraction of sp³-hybridized carbons (Fsp3) is 0.250. The Morgan fingerprint density at radius 3 is 2.59 bits per heavy atom.